The number of ether oxygens (including phenoxy) is 11. The van der Waals surface area contributed by atoms with Crippen LogP contribution in [0.5, 0.6) is 46.0 Å². The third kappa shape index (κ3) is 14.5. The largest absolute Gasteiger partial charge is 0.508 e. The van der Waals surface area contributed by atoms with Crippen molar-refractivity contribution < 1.29 is 154 Å². The Kier molecular flexibility index (Phi) is 20.6. The van der Waals surface area contributed by atoms with Crippen LogP contribution in [0.15, 0.2) is 90.7 Å². The highest BCUT2D eigenvalue weighted by Crippen LogP contribution is 2.49. The van der Waals surface area contributed by atoms with Crippen molar-refractivity contribution in [2.24, 2.45) is 0 Å². The second-order valence-electron chi connectivity index (χ2n) is 20.8. The SMILES string of the molecule is O=C(/C=C/c1ccc(O)cc1)OC[C@H]1O[C@@H](Oc2cc(C3Oc4cc(O[C@@H]5O[C@H](CO)[C@@H](O)[C@H](O)[C@H]5O)cc(O)c4C=C3O[C@@H]3O[C@H](CO)[C@@H](O)[C@H](O)[C@H]3O)cc(O[C@@H]3O[C@H](COC(=O)/C=C/c4ccc(O)cc4)[C@@H](O)[C@H](O)[C@H]3O)c2O)[C@H](O)[C@@H](O)[C@@H]1O. The zero-order chi connectivity index (χ0) is 63.4. The maximum absolute atomic E-state index is 12.8. The topological polar surface area (TPSA) is 500 Å². The Morgan fingerprint density at radius 2 is 0.841 bits per heavy atom. The molecule has 0 aliphatic carbocycles. The Hall–Kier alpha value is -7.48. The number of benzene rings is 4. The van der Waals surface area contributed by atoms with Crippen LogP contribution in [0, 0.1) is 0 Å². The molecule has 4 fully saturated rings. The summed E-state index contributed by atoms with van der Waals surface area (Å²) in [5.41, 5.74) is 0.377. The number of hydrogen-bond acceptors (Lipinski definition) is 31. The fourth-order valence-electron chi connectivity index (χ4n) is 9.64. The fraction of sp³-hybridized carbons (Fsp3) is 0.439. The minimum atomic E-state index is -2.20. The van der Waals surface area contributed by atoms with E-state index in [1.165, 1.54) is 60.7 Å². The van der Waals surface area contributed by atoms with Crippen LogP contribution in [-0.2, 0) is 42.7 Å². The molecule has 478 valence electrons. The van der Waals surface area contributed by atoms with E-state index in [0.717, 1.165) is 42.5 Å². The summed E-state index contributed by atoms with van der Waals surface area (Å²) < 4.78 is 63.4. The smallest absolute Gasteiger partial charge is 0.330 e. The first-order valence-corrected chi connectivity index (χ1v) is 27.0. The molecular weight excluding hydrogens is 1180 g/mol. The van der Waals surface area contributed by atoms with Gasteiger partial charge in [0.25, 0.3) is 0 Å². The van der Waals surface area contributed by atoms with E-state index >= 15 is 0 Å². The predicted octanol–water partition coefficient (Wildman–Crippen LogP) is -4.14. The monoisotopic (exact) mass is 1240 g/mol. The molecule has 0 amide bonds. The summed E-state index contributed by atoms with van der Waals surface area (Å²) in [6.45, 7) is -3.36. The van der Waals surface area contributed by atoms with Gasteiger partial charge in [0, 0.05) is 29.8 Å². The lowest BCUT2D eigenvalue weighted by Crippen LogP contribution is -2.60. The van der Waals surface area contributed by atoms with E-state index in [1.807, 2.05) is 0 Å². The number of esters is 2. The van der Waals surface area contributed by atoms with E-state index in [0.29, 0.717) is 11.1 Å². The van der Waals surface area contributed by atoms with E-state index in [2.05, 4.69) is 0 Å². The standard InChI is InChI=1S/C57H64O31/c58-18-34-41(66)45(70)49(74)54(85-34)80-27-15-29(62)28-17-33(84-57-50(75)46(71)42(67)35(19-59)86-57)53(81-30(28)16-27)24-13-31(82-55-51(76)47(72)43(68)36(87-55)20-78-38(63)11-5-22-1-7-25(60)8-2-22)40(65)32(14-24)83-56-52(77)48(73)44(69)37(88-56)21-79-39(64)12-6-23-3-9-26(61)10-4-23/h1-17,34-37,41-62,65-77H,18-21H2/b11-5+,12-6+/t34-,35-,36-,37-,41-,42-,43-,44-,45+,46+,47+,48+,49-,50-,51-,52-,53?,54-,55-,56-,57-/m1/s1. The second-order valence-corrected chi connectivity index (χ2v) is 20.8. The molecule has 31 nitrogen and oxygen atoms in total. The van der Waals surface area contributed by atoms with Crippen molar-refractivity contribution in [1.29, 1.82) is 0 Å². The Morgan fingerprint density at radius 3 is 1.26 bits per heavy atom. The first-order chi connectivity index (χ1) is 41.9. The highest BCUT2D eigenvalue weighted by Gasteiger charge is 2.50. The van der Waals surface area contributed by atoms with Crippen molar-refractivity contribution in [1.82, 2.24) is 0 Å². The maximum Gasteiger partial charge on any atom is 0.330 e. The van der Waals surface area contributed by atoms with Gasteiger partial charge in [0.2, 0.25) is 30.9 Å². The second kappa shape index (κ2) is 27.9. The Balaban J connectivity index is 1.07. The fourth-order valence-corrected chi connectivity index (χ4v) is 9.64. The summed E-state index contributed by atoms with van der Waals surface area (Å²) in [6.07, 6.45) is -34.8. The van der Waals surface area contributed by atoms with Crippen LogP contribution in [-0.4, -0.2) is 253 Å². The van der Waals surface area contributed by atoms with Crippen molar-refractivity contribution in [2.45, 2.75) is 129 Å². The van der Waals surface area contributed by atoms with Gasteiger partial charge in [-0.2, -0.15) is 0 Å². The average molecular weight is 1250 g/mol. The number of carbonyl (C=O) groups is 2. The third-order valence-electron chi connectivity index (χ3n) is 14.7. The van der Waals surface area contributed by atoms with Gasteiger partial charge < -0.3 is 144 Å². The molecule has 88 heavy (non-hydrogen) atoms. The summed E-state index contributed by atoms with van der Waals surface area (Å²) in [6, 6.07) is 15.4. The van der Waals surface area contributed by atoms with Crippen LogP contribution in [0.2, 0.25) is 0 Å². The van der Waals surface area contributed by atoms with E-state index in [9.17, 15) is 102 Å². The molecular formula is C57H64O31. The number of aliphatic hydroxyl groups is 14. The van der Waals surface area contributed by atoms with Crippen LogP contribution in [0.1, 0.15) is 28.4 Å². The molecule has 0 saturated carbocycles. The molecule has 0 aromatic heterocycles. The number of hydrogen-bond donors (Lipinski definition) is 18. The van der Waals surface area contributed by atoms with Crippen molar-refractivity contribution in [3.63, 3.8) is 0 Å². The number of aromatic hydroxyl groups is 4. The summed E-state index contributed by atoms with van der Waals surface area (Å²) in [4.78, 5) is 25.6. The molecule has 0 spiro atoms. The van der Waals surface area contributed by atoms with Crippen LogP contribution < -0.4 is 18.9 Å². The third-order valence-corrected chi connectivity index (χ3v) is 14.7. The highest BCUT2D eigenvalue weighted by atomic mass is 16.7. The summed E-state index contributed by atoms with van der Waals surface area (Å²) in [5.74, 6) is -6.63. The van der Waals surface area contributed by atoms with Crippen molar-refractivity contribution >= 4 is 30.2 Å². The number of fused-ring (bicyclic) bond motifs is 1. The molecule has 21 atom stereocenters. The van der Waals surface area contributed by atoms with Gasteiger partial charge in [-0.1, -0.05) is 24.3 Å². The van der Waals surface area contributed by atoms with E-state index in [-0.39, 0.29) is 34.1 Å². The summed E-state index contributed by atoms with van der Waals surface area (Å²) in [7, 11) is 0. The molecule has 4 aromatic rings. The number of phenolic OH excluding ortho intramolecular Hbond substituents is 4. The van der Waals surface area contributed by atoms with E-state index < -0.39 is 196 Å². The zero-order valence-corrected chi connectivity index (χ0v) is 45.6. The molecule has 0 bridgehead atoms. The van der Waals surface area contributed by atoms with E-state index in [1.54, 1.807) is 0 Å². The lowest BCUT2D eigenvalue weighted by molar-refractivity contribution is -0.293. The van der Waals surface area contributed by atoms with Crippen molar-refractivity contribution in [3.05, 3.63) is 113 Å². The average Bonchev–Trinajstić information content (AvgIpc) is 1.49. The number of aliphatic hydroxyl groups excluding tert-OH is 14. The molecule has 5 aliphatic heterocycles. The lowest BCUT2D eigenvalue weighted by Gasteiger charge is -2.41. The van der Waals surface area contributed by atoms with Gasteiger partial charge >= 0.3 is 11.9 Å². The highest BCUT2D eigenvalue weighted by molar-refractivity contribution is 5.87. The van der Waals surface area contributed by atoms with Gasteiger partial charge in [0.1, 0.15) is 145 Å². The molecule has 31 heteroatoms. The minimum Gasteiger partial charge on any atom is -0.508 e. The molecule has 18 N–H and O–H groups in total. The Bertz CT molecular complexity index is 3010. The van der Waals surface area contributed by atoms with Gasteiger partial charge in [-0.3, -0.25) is 0 Å². The maximum atomic E-state index is 12.8. The summed E-state index contributed by atoms with van der Waals surface area (Å²) >= 11 is 0. The Morgan fingerprint density at radius 1 is 0.455 bits per heavy atom. The van der Waals surface area contributed by atoms with Crippen molar-refractivity contribution in [3.8, 4) is 46.0 Å². The van der Waals surface area contributed by atoms with Gasteiger partial charge in [0.05, 0.1) is 18.8 Å². The zero-order valence-electron chi connectivity index (χ0n) is 45.6. The van der Waals surface area contributed by atoms with Crippen LogP contribution in [0.3, 0.4) is 0 Å². The molecule has 4 saturated heterocycles. The minimum absolute atomic E-state index is 0.0403. The normalized spacial score (nSPS) is 34.0. The van der Waals surface area contributed by atoms with Gasteiger partial charge in [-0.05, 0) is 65.8 Å². The predicted molar refractivity (Wildman–Crippen MR) is 288 cm³/mol. The quantitative estimate of drug-likeness (QED) is 0.0313. The molecule has 5 heterocycles. The first-order valence-electron chi connectivity index (χ1n) is 27.0. The molecule has 0 radical (unpaired) electrons. The van der Waals surface area contributed by atoms with Crippen LogP contribution in [0.25, 0.3) is 18.2 Å². The lowest BCUT2D eigenvalue weighted by atomic mass is 9.98. The Labute approximate surface area is 496 Å². The van der Waals surface area contributed by atoms with Gasteiger partial charge in [-0.15, -0.1) is 0 Å². The molecule has 4 aromatic carbocycles. The first kappa shape index (κ1) is 65.0. The number of phenols is 4. The van der Waals surface area contributed by atoms with Gasteiger partial charge in [0.15, 0.2) is 17.6 Å². The van der Waals surface area contributed by atoms with Crippen molar-refractivity contribution in [2.75, 3.05) is 26.4 Å². The van der Waals surface area contributed by atoms with Crippen LogP contribution >= 0.6 is 0 Å². The number of carbonyl (C=O) groups excluding carboxylic acids is 2. The molecule has 5 aliphatic rings. The number of rotatable bonds is 19. The van der Waals surface area contributed by atoms with E-state index in [4.69, 9.17) is 52.1 Å². The van der Waals surface area contributed by atoms with Gasteiger partial charge in [-0.25, -0.2) is 9.59 Å². The molecule has 9 rings (SSSR count). The van der Waals surface area contributed by atoms with Crippen LogP contribution in [0.4, 0.5) is 0 Å². The summed E-state index contributed by atoms with van der Waals surface area (Å²) in [5, 5.41) is 193. The molecule has 1 unspecified atom stereocenters.